The first-order valence-electron chi connectivity index (χ1n) is 11.9. The largest absolute Gasteiger partial charge is 0.444 e. The first-order valence-corrected chi connectivity index (χ1v) is 11.9. The van der Waals surface area contributed by atoms with Gasteiger partial charge in [0.1, 0.15) is 11.4 Å². The molecule has 1 aromatic rings. The van der Waals surface area contributed by atoms with Crippen LogP contribution in [-0.4, -0.2) is 45.6 Å². The van der Waals surface area contributed by atoms with Crippen molar-refractivity contribution >= 4 is 18.1 Å². The zero-order valence-corrected chi connectivity index (χ0v) is 19.8. The molecule has 2 heterocycles. The minimum absolute atomic E-state index is 0.0379. The van der Waals surface area contributed by atoms with Crippen molar-refractivity contribution in [1.29, 1.82) is 0 Å². The van der Waals surface area contributed by atoms with Crippen LogP contribution in [0.15, 0.2) is 6.08 Å². The molecule has 3 aliphatic carbocycles. The van der Waals surface area contributed by atoms with E-state index in [1.807, 2.05) is 34.6 Å². The van der Waals surface area contributed by atoms with E-state index in [0.29, 0.717) is 19.0 Å². The van der Waals surface area contributed by atoms with Gasteiger partial charge >= 0.3 is 6.09 Å². The summed E-state index contributed by atoms with van der Waals surface area (Å²) >= 11 is 0. The number of piperidine rings is 1. The highest BCUT2D eigenvalue weighted by atomic mass is 16.6. The van der Waals surface area contributed by atoms with Crippen LogP contribution in [0.5, 0.6) is 0 Å². The van der Waals surface area contributed by atoms with Crippen molar-refractivity contribution in [2.75, 3.05) is 13.1 Å². The van der Waals surface area contributed by atoms with Crippen LogP contribution in [0.3, 0.4) is 0 Å². The molecule has 0 bridgehead atoms. The molecule has 1 aliphatic heterocycles. The summed E-state index contributed by atoms with van der Waals surface area (Å²) in [6.07, 6.45) is 8.24. The van der Waals surface area contributed by atoms with E-state index in [1.54, 1.807) is 4.90 Å². The number of allylic oxidation sites excluding steroid dienone is 1. The third-order valence-electron chi connectivity index (χ3n) is 6.99. The first-order chi connectivity index (χ1) is 15.0. The number of ether oxygens (including phenoxy) is 1. The number of likely N-dealkylation sites (tertiary alicyclic amines) is 1. The minimum atomic E-state index is -0.586. The van der Waals surface area contributed by atoms with Crippen molar-refractivity contribution in [2.45, 2.75) is 77.4 Å². The maximum absolute atomic E-state index is 13.2. The van der Waals surface area contributed by atoms with Crippen molar-refractivity contribution in [3.8, 4) is 0 Å². The number of rotatable bonds is 4. The number of nitrogens with zero attached hydrogens (tertiary/aromatic N) is 3. The molecule has 7 nitrogen and oxygen atoms in total. The Morgan fingerprint density at radius 2 is 1.78 bits per heavy atom. The molecule has 0 aromatic carbocycles. The minimum Gasteiger partial charge on any atom is -0.444 e. The molecule has 1 aromatic heterocycles. The van der Waals surface area contributed by atoms with Crippen LogP contribution in [0, 0.1) is 17.8 Å². The highest BCUT2D eigenvalue weighted by molar-refractivity contribution is 5.84. The van der Waals surface area contributed by atoms with Crippen LogP contribution in [0.4, 0.5) is 4.79 Å². The Bertz CT molecular complexity index is 978. The zero-order valence-electron chi connectivity index (χ0n) is 19.8. The number of carbonyl (C=O) groups is 2. The number of aryl methyl sites for hydroxylation is 1. The molecule has 4 aliphatic rings. The molecule has 172 valence electrons. The maximum atomic E-state index is 13.2. The summed E-state index contributed by atoms with van der Waals surface area (Å²) < 4.78 is 5.48. The van der Waals surface area contributed by atoms with E-state index in [9.17, 15) is 9.59 Å². The first kappa shape index (κ1) is 21.4. The van der Waals surface area contributed by atoms with Gasteiger partial charge in [0.2, 0.25) is 5.91 Å². The molecule has 1 saturated heterocycles. The number of nitrogens with one attached hydrogen (secondary N) is 1. The number of amides is 2. The molecule has 2 unspecified atom stereocenters. The summed E-state index contributed by atoms with van der Waals surface area (Å²) in [6.45, 7) is 10.9. The fourth-order valence-electron chi connectivity index (χ4n) is 5.16. The zero-order chi connectivity index (χ0) is 22.8. The lowest BCUT2D eigenvalue weighted by Gasteiger charge is -2.30. The molecular weight excluding hydrogens is 404 g/mol. The van der Waals surface area contributed by atoms with Crippen LogP contribution in [0.25, 0.3) is 6.08 Å². The Hall–Kier alpha value is -2.44. The topological polar surface area (TPSA) is 84.4 Å². The summed E-state index contributed by atoms with van der Waals surface area (Å²) in [5, 5.41) is 3.28. The van der Waals surface area contributed by atoms with E-state index in [2.05, 4.69) is 17.5 Å². The van der Waals surface area contributed by atoms with Gasteiger partial charge in [-0.15, -0.1) is 0 Å². The number of aromatic nitrogens is 2. The van der Waals surface area contributed by atoms with Crippen molar-refractivity contribution in [1.82, 2.24) is 20.2 Å². The Morgan fingerprint density at radius 3 is 2.41 bits per heavy atom. The van der Waals surface area contributed by atoms with Gasteiger partial charge in [-0.25, -0.2) is 14.8 Å². The van der Waals surface area contributed by atoms with Crippen molar-refractivity contribution < 1.29 is 14.3 Å². The summed E-state index contributed by atoms with van der Waals surface area (Å²) in [5.74, 6) is 1.88. The van der Waals surface area contributed by atoms with Crippen molar-refractivity contribution in [3.63, 3.8) is 0 Å². The fourth-order valence-corrected chi connectivity index (χ4v) is 5.16. The normalized spacial score (nSPS) is 26.4. The third-order valence-corrected chi connectivity index (χ3v) is 6.99. The van der Waals surface area contributed by atoms with Crippen LogP contribution in [0.1, 0.15) is 82.6 Å². The van der Waals surface area contributed by atoms with Gasteiger partial charge in [-0.1, -0.05) is 12.2 Å². The average Bonchev–Trinajstić information content (AvgIpc) is 3.62. The maximum Gasteiger partial charge on any atom is 0.410 e. The van der Waals surface area contributed by atoms with Gasteiger partial charge < -0.3 is 15.0 Å². The molecule has 2 amide bonds. The van der Waals surface area contributed by atoms with Crippen LogP contribution in [0.2, 0.25) is 0 Å². The number of carbonyl (C=O) groups excluding carboxylic acids is 2. The molecule has 0 radical (unpaired) electrons. The number of hydrogen-bond donors (Lipinski definition) is 1. The quantitative estimate of drug-likeness (QED) is 0.773. The van der Waals surface area contributed by atoms with E-state index < -0.39 is 11.1 Å². The predicted molar refractivity (Wildman–Crippen MR) is 121 cm³/mol. The van der Waals surface area contributed by atoms with Crippen molar-refractivity contribution in [3.05, 3.63) is 28.9 Å². The average molecular weight is 439 g/mol. The SMILES string of the molecule is CC(C)(C)OC(=O)N1CC2C(C1)C2C(=O)NC(C)(C)c1nc(C2CC2)nc2c1C=CCC2. The lowest BCUT2D eigenvalue weighted by molar-refractivity contribution is -0.125. The molecule has 1 N–H and O–H groups in total. The lowest BCUT2D eigenvalue weighted by atomic mass is 9.90. The summed E-state index contributed by atoms with van der Waals surface area (Å²) in [4.78, 5) is 37.1. The van der Waals surface area contributed by atoms with Gasteiger partial charge in [0.15, 0.2) is 0 Å². The second-order valence-corrected chi connectivity index (χ2v) is 11.4. The highest BCUT2D eigenvalue weighted by Crippen LogP contribution is 2.52. The van der Waals surface area contributed by atoms with Gasteiger partial charge in [-0.2, -0.15) is 0 Å². The lowest BCUT2D eigenvalue weighted by Crippen LogP contribution is -2.45. The van der Waals surface area contributed by atoms with E-state index in [0.717, 1.165) is 48.5 Å². The van der Waals surface area contributed by atoms with Gasteiger partial charge in [-0.3, -0.25) is 4.79 Å². The molecule has 2 saturated carbocycles. The van der Waals surface area contributed by atoms with E-state index in [4.69, 9.17) is 14.7 Å². The second-order valence-electron chi connectivity index (χ2n) is 11.4. The van der Waals surface area contributed by atoms with E-state index in [-0.39, 0.29) is 29.8 Å². The molecular formula is C25H34N4O3. The van der Waals surface area contributed by atoms with Gasteiger partial charge in [-0.05, 0) is 72.1 Å². The summed E-state index contributed by atoms with van der Waals surface area (Å²) in [6, 6.07) is 0. The Morgan fingerprint density at radius 1 is 1.09 bits per heavy atom. The number of hydrogen-bond acceptors (Lipinski definition) is 5. The smallest absolute Gasteiger partial charge is 0.410 e. The monoisotopic (exact) mass is 438 g/mol. The molecule has 32 heavy (non-hydrogen) atoms. The molecule has 5 rings (SSSR count). The molecule has 0 spiro atoms. The van der Waals surface area contributed by atoms with Gasteiger partial charge in [0.25, 0.3) is 0 Å². The van der Waals surface area contributed by atoms with Crippen LogP contribution < -0.4 is 5.32 Å². The van der Waals surface area contributed by atoms with E-state index >= 15 is 0 Å². The Balaban J connectivity index is 1.27. The number of fused-ring (bicyclic) bond motifs is 2. The fraction of sp³-hybridized carbons (Fsp3) is 0.680. The Kier molecular flexibility index (Phi) is 4.88. The predicted octanol–water partition coefficient (Wildman–Crippen LogP) is 3.78. The summed E-state index contributed by atoms with van der Waals surface area (Å²) in [5.41, 5.74) is 2.01. The summed E-state index contributed by atoms with van der Waals surface area (Å²) in [7, 11) is 0. The van der Waals surface area contributed by atoms with Crippen LogP contribution in [-0.2, 0) is 21.5 Å². The molecule has 3 fully saturated rings. The standard InChI is InChI=1S/C25H34N4O3/c1-24(2,3)32-23(31)29-12-16-17(13-29)19(16)22(30)28-25(4,5)20-15-8-6-7-9-18(15)26-21(27-20)14-10-11-14/h6,8,14,16-17,19H,7,9-13H2,1-5H3,(H,28,30). The van der Waals surface area contributed by atoms with Crippen LogP contribution >= 0.6 is 0 Å². The second kappa shape index (κ2) is 7.29. The van der Waals surface area contributed by atoms with E-state index in [1.165, 1.54) is 0 Å². The highest BCUT2D eigenvalue weighted by Gasteiger charge is 2.61. The van der Waals surface area contributed by atoms with Gasteiger partial charge in [0.05, 0.1) is 16.9 Å². The molecule has 2 atom stereocenters. The molecule has 7 heteroatoms. The van der Waals surface area contributed by atoms with Gasteiger partial charge in [0, 0.05) is 30.5 Å². The van der Waals surface area contributed by atoms with Crippen molar-refractivity contribution in [2.24, 2.45) is 17.8 Å². The Labute approximate surface area is 190 Å². The third kappa shape index (κ3) is 4.02.